The second-order valence-electron chi connectivity index (χ2n) is 4.46. The van der Waals surface area contributed by atoms with E-state index in [1.807, 2.05) is 18.2 Å². The summed E-state index contributed by atoms with van der Waals surface area (Å²) in [6.07, 6.45) is 5.34. The van der Waals surface area contributed by atoms with Gasteiger partial charge in [0.15, 0.2) is 11.5 Å². The Morgan fingerprint density at radius 3 is 2.79 bits per heavy atom. The molecule has 3 heteroatoms. The molecule has 0 unspecified atom stereocenters. The third-order valence-electron chi connectivity index (χ3n) is 2.85. The number of methoxy groups -OCH3 is 1. The van der Waals surface area contributed by atoms with Crippen LogP contribution in [0.25, 0.3) is 0 Å². The molecule has 0 aliphatic rings. The van der Waals surface area contributed by atoms with E-state index in [-0.39, 0.29) is 0 Å². The van der Waals surface area contributed by atoms with Crippen molar-refractivity contribution in [2.75, 3.05) is 20.3 Å². The highest BCUT2D eigenvalue weighted by Gasteiger charge is 2.05. The molecule has 0 amide bonds. The van der Waals surface area contributed by atoms with Gasteiger partial charge in [0, 0.05) is 13.1 Å². The SMILES string of the molecule is C=CCNCc1ccc(OCCCCC)c(OC)c1. The molecule has 0 bridgehead atoms. The van der Waals surface area contributed by atoms with E-state index >= 15 is 0 Å². The number of rotatable bonds is 10. The van der Waals surface area contributed by atoms with Crippen molar-refractivity contribution in [3.63, 3.8) is 0 Å². The third kappa shape index (κ3) is 5.79. The Labute approximate surface area is 116 Å². The van der Waals surface area contributed by atoms with Crippen LogP contribution in [0.15, 0.2) is 30.9 Å². The molecule has 1 rings (SSSR count). The Morgan fingerprint density at radius 1 is 1.26 bits per heavy atom. The molecule has 1 N–H and O–H groups in total. The molecule has 0 aliphatic carbocycles. The number of benzene rings is 1. The summed E-state index contributed by atoms with van der Waals surface area (Å²) in [5.74, 6) is 1.63. The van der Waals surface area contributed by atoms with Gasteiger partial charge in [-0.05, 0) is 24.1 Å². The van der Waals surface area contributed by atoms with Crippen molar-refractivity contribution in [1.82, 2.24) is 5.32 Å². The maximum atomic E-state index is 5.75. The average Bonchev–Trinajstić information content (AvgIpc) is 2.44. The Bertz CT molecular complexity index is 377. The Balaban J connectivity index is 2.54. The van der Waals surface area contributed by atoms with E-state index in [1.54, 1.807) is 7.11 Å². The van der Waals surface area contributed by atoms with Crippen LogP contribution in [-0.2, 0) is 6.54 Å². The van der Waals surface area contributed by atoms with E-state index in [0.717, 1.165) is 37.6 Å². The lowest BCUT2D eigenvalue weighted by atomic mass is 10.2. The zero-order chi connectivity index (χ0) is 13.9. The first kappa shape index (κ1) is 15.6. The summed E-state index contributed by atoms with van der Waals surface area (Å²) >= 11 is 0. The molecule has 0 saturated carbocycles. The van der Waals surface area contributed by atoms with Gasteiger partial charge in [-0.2, -0.15) is 0 Å². The standard InChI is InChI=1S/C16H25NO2/c1-4-6-7-11-19-15-9-8-14(12-16(15)18-3)13-17-10-5-2/h5,8-9,12,17H,2,4,6-7,10-11,13H2,1,3H3. The summed E-state index contributed by atoms with van der Waals surface area (Å²) in [4.78, 5) is 0. The molecule has 0 heterocycles. The van der Waals surface area contributed by atoms with Crippen LogP contribution in [0.3, 0.4) is 0 Å². The zero-order valence-corrected chi connectivity index (χ0v) is 12.1. The quantitative estimate of drug-likeness (QED) is 0.517. The highest BCUT2D eigenvalue weighted by atomic mass is 16.5. The Kier molecular flexibility index (Phi) is 7.75. The van der Waals surface area contributed by atoms with Gasteiger partial charge in [-0.25, -0.2) is 0 Å². The summed E-state index contributed by atoms with van der Waals surface area (Å²) in [5, 5.41) is 3.27. The van der Waals surface area contributed by atoms with Gasteiger partial charge in [0.1, 0.15) is 0 Å². The van der Waals surface area contributed by atoms with E-state index in [1.165, 1.54) is 18.4 Å². The molecule has 0 atom stereocenters. The fraction of sp³-hybridized carbons (Fsp3) is 0.500. The zero-order valence-electron chi connectivity index (χ0n) is 12.1. The van der Waals surface area contributed by atoms with Crippen molar-refractivity contribution >= 4 is 0 Å². The second kappa shape index (κ2) is 9.45. The van der Waals surface area contributed by atoms with Gasteiger partial charge in [-0.3, -0.25) is 0 Å². The second-order valence-corrected chi connectivity index (χ2v) is 4.46. The Morgan fingerprint density at radius 2 is 2.11 bits per heavy atom. The first-order valence-corrected chi connectivity index (χ1v) is 6.93. The lowest BCUT2D eigenvalue weighted by Gasteiger charge is -2.12. The van der Waals surface area contributed by atoms with Gasteiger partial charge in [-0.15, -0.1) is 6.58 Å². The topological polar surface area (TPSA) is 30.5 Å². The molecular formula is C16H25NO2. The van der Waals surface area contributed by atoms with E-state index in [2.05, 4.69) is 24.9 Å². The molecule has 3 nitrogen and oxygen atoms in total. The van der Waals surface area contributed by atoms with Gasteiger partial charge >= 0.3 is 0 Å². The van der Waals surface area contributed by atoms with E-state index < -0.39 is 0 Å². The van der Waals surface area contributed by atoms with Crippen LogP contribution in [0.4, 0.5) is 0 Å². The van der Waals surface area contributed by atoms with Crippen LogP contribution >= 0.6 is 0 Å². The molecular weight excluding hydrogens is 238 g/mol. The van der Waals surface area contributed by atoms with Gasteiger partial charge < -0.3 is 14.8 Å². The largest absolute Gasteiger partial charge is 0.493 e. The summed E-state index contributed by atoms with van der Waals surface area (Å²) in [5.41, 5.74) is 1.18. The van der Waals surface area contributed by atoms with Crippen molar-refractivity contribution in [2.24, 2.45) is 0 Å². The monoisotopic (exact) mass is 263 g/mol. The molecule has 0 fully saturated rings. The molecule has 1 aromatic rings. The predicted molar refractivity (Wildman–Crippen MR) is 79.9 cm³/mol. The van der Waals surface area contributed by atoms with Crippen LogP contribution in [-0.4, -0.2) is 20.3 Å². The molecule has 0 aromatic heterocycles. The van der Waals surface area contributed by atoms with Crippen molar-refractivity contribution < 1.29 is 9.47 Å². The van der Waals surface area contributed by atoms with Crippen LogP contribution in [0, 0.1) is 0 Å². The highest BCUT2D eigenvalue weighted by molar-refractivity contribution is 5.42. The van der Waals surface area contributed by atoms with E-state index in [4.69, 9.17) is 9.47 Å². The van der Waals surface area contributed by atoms with Crippen molar-refractivity contribution in [3.05, 3.63) is 36.4 Å². The number of hydrogen-bond acceptors (Lipinski definition) is 3. The van der Waals surface area contributed by atoms with Crippen molar-refractivity contribution in [1.29, 1.82) is 0 Å². The van der Waals surface area contributed by atoms with Crippen molar-refractivity contribution in [2.45, 2.75) is 32.7 Å². The van der Waals surface area contributed by atoms with Crippen molar-refractivity contribution in [3.8, 4) is 11.5 Å². The smallest absolute Gasteiger partial charge is 0.161 e. The summed E-state index contributed by atoms with van der Waals surface area (Å²) in [6.45, 7) is 8.22. The van der Waals surface area contributed by atoms with Crippen LogP contribution in [0.2, 0.25) is 0 Å². The fourth-order valence-corrected chi connectivity index (χ4v) is 1.79. The molecule has 106 valence electrons. The number of ether oxygens (including phenoxy) is 2. The number of hydrogen-bond donors (Lipinski definition) is 1. The molecule has 0 aliphatic heterocycles. The van der Waals surface area contributed by atoms with Gasteiger partial charge in [0.25, 0.3) is 0 Å². The first-order valence-electron chi connectivity index (χ1n) is 6.93. The van der Waals surface area contributed by atoms with Gasteiger partial charge in [0.2, 0.25) is 0 Å². The maximum absolute atomic E-state index is 5.75. The van der Waals surface area contributed by atoms with Crippen LogP contribution < -0.4 is 14.8 Å². The molecule has 0 radical (unpaired) electrons. The summed E-state index contributed by atoms with van der Waals surface area (Å²) < 4.78 is 11.1. The van der Waals surface area contributed by atoms with Gasteiger partial charge in [0.05, 0.1) is 13.7 Å². The minimum atomic E-state index is 0.748. The minimum absolute atomic E-state index is 0.748. The molecule has 0 saturated heterocycles. The average molecular weight is 263 g/mol. The molecule has 0 spiro atoms. The predicted octanol–water partition coefficient (Wildman–Crippen LogP) is 3.54. The lowest BCUT2D eigenvalue weighted by molar-refractivity contribution is 0.286. The number of unbranched alkanes of at least 4 members (excludes halogenated alkanes) is 2. The molecule has 19 heavy (non-hydrogen) atoms. The first-order chi connectivity index (χ1) is 9.31. The Hall–Kier alpha value is -1.48. The van der Waals surface area contributed by atoms with E-state index in [0.29, 0.717) is 0 Å². The third-order valence-corrected chi connectivity index (χ3v) is 2.85. The lowest BCUT2D eigenvalue weighted by Crippen LogP contribution is -2.12. The summed E-state index contributed by atoms with van der Waals surface area (Å²) in [6, 6.07) is 6.06. The molecule has 1 aromatic carbocycles. The summed E-state index contributed by atoms with van der Waals surface area (Å²) in [7, 11) is 1.68. The van der Waals surface area contributed by atoms with E-state index in [9.17, 15) is 0 Å². The minimum Gasteiger partial charge on any atom is -0.493 e. The maximum Gasteiger partial charge on any atom is 0.161 e. The van der Waals surface area contributed by atoms with Gasteiger partial charge in [-0.1, -0.05) is 31.9 Å². The van der Waals surface area contributed by atoms with Crippen LogP contribution in [0.1, 0.15) is 31.7 Å². The van der Waals surface area contributed by atoms with Crippen LogP contribution in [0.5, 0.6) is 11.5 Å². The highest BCUT2D eigenvalue weighted by Crippen LogP contribution is 2.28. The number of nitrogens with one attached hydrogen (secondary N) is 1. The fourth-order valence-electron chi connectivity index (χ4n) is 1.79. The normalized spacial score (nSPS) is 10.2.